The number of ether oxygens (including phenoxy) is 2. The Labute approximate surface area is 136 Å². The molecule has 0 radical (unpaired) electrons. The molecule has 1 N–H and O–H groups in total. The third kappa shape index (κ3) is 5.61. The van der Waals surface area contributed by atoms with Crippen LogP contribution in [0.3, 0.4) is 0 Å². The van der Waals surface area contributed by atoms with E-state index in [0.717, 1.165) is 36.2 Å². The van der Waals surface area contributed by atoms with E-state index in [0.29, 0.717) is 12.7 Å². The van der Waals surface area contributed by atoms with Gasteiger partial charge in [-0.3, -0.25) is 0 Å². The van der Waals surface area contributed by atoms with Crippen molar-refractivity contribution in [2.75, 3.05) is 13.2 Å². The van der Waals surface area contributed by atoms with E-state index < -0.39 is 0 Å². The number of benzene rings is 1. The second-order valence-corrected chi connectivity index (χ2v) is 7.46. The molecule has 0 spiro atoms. The Morgan fingerprint density at radius 3 is 2.86 bits per heavy atom. The van der Waals surface area contributed by atoms with E-state index in [2.05, 4.69) is 54.2 Å². The Bertz CT molecular complexity index is 451. The molecule has 118 valence electrons. The maximum Gasteiger partial charge on any atom is 0.137 e. The Morgan fingerprint density at radius 1 is 1.38 bits per heavy atom. The molecule has 1 aromatic carbocycles. The van der Waals surface area contributed by atoms with Crippen LogP contribution in [-0.4, -0.2) is 24.9 Å². The Hall–Kier alpha value is -0.580. The van der Waals surface area contributed by atoms with Crippen molar-refractivity contribution in [3.8, 4) is 5.75 Å². The molecule has 1 aliphatic rings. The van der Waals surface area contributed by atoms with Crippen molar-refractivity contribution in [3.63, 3.8) is 0 Å². The molecule has 1 atom stereocenters. The molecule has 3 nitrogen and oxygen atoms in total. The van der Waals surface area contributed by atoms with Crippen LogP contribution in [0, 0.1) is 0 Å². The minimum Gasteiger partial charge on any atom is -0.492 e. The summed E-state index contributed by atoms with van der Waals surface area (Å²) in [7, 11) is 0. The van der Waals surface area contributed by atoms with Crippen LogP contribution in [0.2, 0.25) is 0 Å². The quantitative estimate of drug-likeness (QED) is 0.825. The zero-order chi connectivity index (χ0) is 15.3. The standard InChI is InChI=1S/C17H26BrNO2/c1-17(2,3)19-12-13-6-4-8-15(18)16(13)21-11-9-14-7-5-10-20-14/h4,6,8,14,19H,5,7,9-12H2,1-3H3. The third-order valence-corrected chi connectivity index (χ3v) is 4.19. The fourth-order valence-electron chi connectivity index (χ4n) is 2.38. The van der Waals surface area contributed by atoms with Crippen LogP contribution >= 0.6 is 15.9 Å². The fourth-order valence-corrected chi connectivity index (χ4v) is 2.90. The number of para-hydroxylation sites is 1. The fraction of sp³-hybridized carbons (Fsp3) is 0.647. The van der Waals surface area contributed by atoms with Crippen LogP contribution in [0.4, 0.5) is 0 Å². The molecule has 0 aliphatic carbocycles. The summed E-state index contributed by atoms with van der Waals surface area (Å²) in [5.41, 5.74) is 1.28. The minimum atomic E-state index is 0.0945. The zero-order valence-electron chi connectivity index (χ0n) is 13.2. The highest BCUT2D eigenvalue weighted by molar-refractivity contribution is 9.10. The molecule has 0 aromatic heterocycles. The van der Waals surface area contributed by atoms with E-state index in [4.69, 9.17) is 9.47 Å². The minimum absolute atomic E-state index is 0.0945. The van der Waals surface area contributed by atoms with Gasteiger partial charge in [-0.1, -0.05) is 12.1 Å². The lowest BCUT2D eigenvalue weighted by molar-refractivity contribution is 0.0900. The molecule has 0 amide bonds. The Kier molecular flexibility index (Phi) is 6.08. The van der Waals surface area contributed by atoms with Gasteiger partial charge in [0.1, 0.15) is 5.75 Å². The maximum atomic E-state index is 6.03. The van der Waals surface area contributed by atoms with Crippen molar-refractivity contribution in [2.45, 2.75) is 58.2 Å². The molecule has 1 fully saturated rings. The smallest absolute Gasteiger partial charge is 0.137 e. The van der Waals surface area contributed by atoms with Crippen LogP contribution in [0.1, 0.15) is 45.6 Å². The van der Waals surface area contributed by atoms with Crippen LogP contribution in [-0.2, 0) is 11.3 Å². The van der Waals surface area contributed by atoms with E-state index in [9.17, 15) is 0 Å². The van der Waals surface area contributed by atoms with Gasteiger partial charge in [-0.2, -0.15) is 0 Å². The van der Waals surface area contributed by atoms with Crippen LogP contribution < -0.4 is 10.1 Å². The predicted molar refractivity (Wildman–Crippen MR) is 89.8 cm³/mol. The summed E-state index contributed by atoms with van der Waals surface area (Å²) in [6.07, 6.45) is 3.69. The molecular formula is C17H26BrNO2. The van der Waals surface area contributed by atoms with Gasteiger partial charge in [-0.15, -0.1) is 0 Å². The molecule has 4 heteroatoms. The molecule has 2 rings (SSSR count). The van der Waals surface area contributed by atoms with Crippen LogP contribution in [0.25, 0.3) is 0 Å². The lowest BCUT2D eigenvalue weighted by Crippen LogP contribution is -2.35. The lowest BCUT2D eigenvalue weighted by Gasteiger charge is -2.22. The lowest BCUT2D eigenvalue weighted by atomic mass is 10.1. The second-order valence-electron chi connectivity index (χ2n) is 6.60. The first kappa shape index (κ1) is 16.8. The number of hydrogen-bond acceptors (Lipinski definition) is 3. The van der Waals surface area contributed by atoms with E-state index in [1.54, 1.807) is 0 Å². The number of rotatable bonds is 6. The first-order valence-corrected chi connectivity index (χ1v) is 8.52. The summed E-state index contributed by atoms with van der Waals surface area (Å²) < 4.78 is 12.7. The van der Waals surface area contributed by atoms with Crippen molar-refractivity contribution >= 4 is 15.9 Å². The van der Waals surface area contributed by atoms with E-state index in [-0.39, 0.29) is 5.54 Å². The number of nitrogens with one attached hydrogen (secondary N) is 1. The molecule has 1 unspecified atom stereocenters. The average molecular weight is 356 g/mol. The SMILES string of the molecule is CC(C)(C)NCc1cccc(Br)c1OCCC1CCCO1. The van der Waals surface area contributed by atoms with Gasteiger partial charge >= 0.3 is 0 Å². The average Bonchev–Trinajstić information content (AvgIpc) is 2.91. The molecule has 1 saturated heterocycles. The van der Waals surface area contributed by atoms with Crippen molar-refractivity contribution < 1.29 is 9.47 Å². The molecule has 1 aromatic rings. The van der Waals surface area contributed by atoms with Gasteiger partial charge in [0.15, 0.2) is 0 Å². The van der Waals surface area contributed by atoms with Gasteiger partial charge in [0, 0.05) is 30.7 Å². The molecule has 0 saturated carbocycles. The van der Waals surface area contributed by atoms with Crippen molar-refractivity contribution in [1.29, 1.82) is 0 Å². The maximum absolute atomic E-state index is 6.03. The van der Waals surface area contributed by atoms with Crippen LogP contribution in [0.15, 0.2) is 22.7 Å². The van der Waals surface area contributed by atoms with E-state index >= 15 is 0 Å². The molecule has 0 bridgehead atoms. The van der Waals surface area contributed by atoms with Crippen molar-refractivity contribution in [2.24, 2.45) is 0 Å². The summed E-state index contributed by atoms with van der Waals surface area (Å²) in [5.74, 6) is 0.951. The van der Waals surface area contributed by atoms with Gasteiger partial charge in [0.2, 0.25) is 0 Å². The molecular weight excluding hydrogens is 330 g/mol. The first-order chi connectivity index (χ1) is 9.96. The zero-order valence-corrected chi connectivity index (χ0v) is 14.8. The van der Waals surface area contributed by atoms with Gasteiger partial charge in [-0.05, 0) is 55.6 Å². The highest BCUT2D eigenvalue weighted by Crippen LogP contribution is 2.30. The number of halogens is 1. The number of hydrogen-bond donors (Lipinski definition) is 1. The molecule has 21 heavy (non-hydrogen) atoms. The van der Waals surface area contributed by atoms with E-state index in [1.165, 1.54) is 12.0 Å². The highest BCUT2D eigenvalue weighted by Gasteiger charge is 2.17. The second kappa shape index (κ2) is 7.61. The van der Waals surface area contributed by atoms with Gasteiger partial charge in [-0.25, -0.2) is 0 Å². The van der Waals surface area contributed by atoms with Gasteiger partial charge in [0.25, 0.3) is 0 Å². The van der Waals surface area contributed by atoms with Crippen molar-refractivity contribution in [1.82, 2.24) is 5.32 Å². The van der Waals surface area contributed by atoms with Crippen LogP contribution in [0.5, 0.6) is 5.75 Å². The molecule has 1 heterocycles. The highest BCUT2D eigenvalue weighted by atomic mass is 79.9. The normalized spacial score (nSPS) is 19.0. The summed E-state index contributed by atoms with van der Waals surface area (Å²) in [6.45, 7) is 8.92. The summed E-state index contributed by atoms with van der Waals surface area (Å²) in [4.78, 5) is 0. The van der Waals surface area contributed by atoms with Gasteiger partial charge < -0.3 is 14.8 Å². The Morgan fingerprint density at radius 2 is 2.19 bits per heavy atom. The Balaban J connectivity index is 1.93. The predicted octanol–water partition coefficient (Wildman–Crippen LogP) is 4.29. The third-order valence-electron chi connectivity index (χ3n) is 3.57. The summed E-state index contributed by atoms with van der Waals surface area (Å²) >= 11 is 3.60. The topological polar surface area (TPSA) is 30.5 Å². The van der Waals surface area contributed by atoms with Gasteiger partial charge in [0.05, 0.1) is 17.2 Å². The first-order valence-electron chi connectivity index (χ1n) is 7.72. The molecule has 1 aliphatic heterocycles. The van der Waals surface area contributed by atoms with E-state index in [1.807, 2.05) is 6.07 Å². The van der Waals surface area contributed by atoms with Crippen molar-refractivity contribution in [3.05, 3.63) is 28.2 Å². The summed E-state index contributed by atoms with van der Waals surface area (Å²) in [6, 6.07) is 6.20. The summed E-state index contributed by atoms with van der Waals surface area (Å²) in [5, 5.41) is 3.51. The monoisotopic (exact) mass is 355 g/mol. The largest absolute Gasteiger partial charge is 0.492 e.